The molecule has 0 aromatic heterocycles. The zero-order valence-corrected chi connectivity index (χ0v) is 11.3. The van der Waals surface area contributed by atoms with E-state index in [0.717, 1.165) is 0 Å². The van der Waals surface area contributed by atoms with Crippen molar-refractivity contribution in [3.8, 4) is 0 Å². The van der Waals surface area contributed by atoms with Crippen molar-refractivity contribution >= 4 is 17.9 Å². The van der Waals surface area contributed by atoms with Gasteiger partial charge < -0.3 is 20.3 Å². The summed E-state index contributed by atoms with van der Waals surface area (Å²) in [5, 5.41) is 5.02. The number of likely N-dealkylation sites (N-methyl/N-ethyl adjacent to an activating group) is 1. The van der Waals surface area contributed by atoms with Crippen LogP contribution >= 0.6 is 0 Å². The first-order valence-electron chi connectivity index (χ1n) is 5.80. The minimum absolute atomic E-state index is 0.0218. The summed E-state index contributed by atoms with van der Waals surface area (Å²) in [7, 11) is 1.47. The molecule has 0 aliphatic heterocycles. The van der Waals surface area contributed by atoms with Crippen LogP contribution in [0.4, 0.5) is 4.79 Å². The molecule has 0 unspecified atom stereocenters. The fourth-order valence-electron chi connectivity index (χ4n) is 1.15. The zero-order valence-electron chi connectivity index (χ0n) is 11.3. The van der Waals surface area contributed by atoms with Gasteiger partial charge in [0.25, 0.3) is 0 Å². The topological polar surface area (TPSA) is 87.7 Å². The lowest BCUT2D eigenvalue weighted by atomic mass is 10.4. The molecule has 7 nitrogen and oxygen atoms in total. The van der Waals surface area contributed by atoms with Crippen molar-refractivity contribution in [2.24, 2.45) is 0 Å². The first-order valence-corrected chi connectivity index (χ1v) is 5.80. The first-order chi connectivity index (χ1) is 8.36. The van der Waals surface area contributed by atoms with E-state index in [0.29, 0.717) is 0 Å². The van der Waals surface area contributed by atoms with E-state index in [1.165, 1.54) is 11.9 Å². The molecule has 0 aliphatic rings. The van der Waals surface area contributed by atoms with Gasteiger partial charge in [-0.1, -0.05) is 0 Å². The molecular formula is C11H21N3O4. The van der Waals surface area contributed by atoms with Crippen LogP contribution in [0.15, 0.2) is 0 Å². The molecule has 0 aliphatic carbocycles. The van der Waals surface area contributed by atoms with Crippen molar-refractivity contribution in [2.75, 3.05) is 26.7 Å². The van der Waals surface area contributed by atoms with Gasteiger partial charge in [-0.25, -0.2) is 4.79 Å². The number of rotatable bonds is 6. The van der Waals surface area contributed by atoms with E-state index in [2.05, 4.69) is 15.4 Å². The number of carbonyl (C=O) groups excluding carboxylic acids is 3. The van der Waals surface area contributed by atoms with Gasteiger partial charge in [0.15, 0.2) is 0 Å². The summed E-state index contributed by atoms with van der Waals surface area (Å²) in [6.45, 7) is 5.34. The van der Waals surface area contributed by atoms with Gasteiger partial charge in [-0.15, -0.1) is 0 Å². The second kappa shape index (κ2) is 8.32. The number of nitrogens with zero attached hydrogens (tertiary/aromatic N) is 1. The third-order valence-electron chi connectivity index (χ3n) is 1.87. The van der Waals surface area contributed by atoms with Crippen LogP contribution in [-0.4, -0.2) is 55.6 Å². The van der Waals surface area contributed by atoms with Crippen molar-refractivity contribution < 1.29 is 19.1 Å². The van der Waals surface area contributed by atoms with Crippen LogP contribution in [0.25, 0.3) is 0 Å². The molecule has 0 spiro atoms. The Morgan fingerprint density at radius 1 is 1.28 bits per heavy atom. The maximum absolute atomic E-state index is 11.5. The van der Waals surface area contributed by atoms with Crippen molar-refractivity contribution in [2.45, 2.75) is 26.8 Å². The molecule has 0 aromatic carbocycles. The molecule has 104 valence electrons. The zero-order chi connectivity index (χ0) is 14.1. The molecule has 3 amide bonds. The van der Waals surface area contributed by atoms with E-state index in [1.807, 2.05) is 13.8 Å². The van der Waals surface area contributed by atoms with Gasteiger partial charge in [-0.3, -0.25) is 9.59 Å². The van der Waals surface area contributed by atoms with E-state index in [-0.39, 0.29) is 31.6 Å². The molecule has 0 fully saturated rings. The summed E-state index contributed by atoms with van der Waals surface area (Å²) < 4.78 is 4.65. The number of nitrogens with one attached hydrogen (secondary N) is 2. The highest BCUT2D eigenvalue weighted by molar-refractivity contribution is 5.85. The van der Waals surface area contributed by atoms with Crippen LogP contribution in [0.2, 0.25) is 0 Å². The molecule has 2 N–H and O–H groups in total. The number of urea groups is 1. The molecule has 0 rings (SSSR count). The number of ether oxygens (including phenoxy) is 1. The predicted molar refractivity (Wildman–Crippen MR) is 65.9 cm³/mol. The molecule has 7 heteroatoms. The summed E-state index contributed by atoms with van der Waals surface area (Å²) in [6.07, 6.45) is 0. The van der Waals surface area contributed by atoms with E-state index in [9.17, 15) is 14.4 Å². The number of amides is 3. The van der Waals surface area contributed by atoms with Gasteiger partial charge in [0, 0.05) is 13.1 Å². The van der Waals surface area contributed by atoms with Crippen LogP contribution in [0.1, 0.15) is 20.8 Å². The Morgan fingerprint density at radius 2 is 1.89 bits per heavy atom. The van der Waals surface area contributed by atoms with Gasteiger partial charge >= 0.3 is 12.0 Å². The Morgan fingerprint density at radius 3 is 2.39 bits per heavy atom. The van der Waals surface area contributed by atoms with Gasteiger partial charge in [0.05, 0.1) is 6.61 Å². The van der Waals surface area contributed by atoms with Crippen LogP contribution < -0.4 is 10.6 Å². The fourth-order valence-corrected chi connectivity index (χ4v) is 1.15. The Kier molecular flexibility index (Phi) is 7.50. The number of hydrogen-bond acceptors (Lipinski definition) is 4. The molecule has 0 bridgehead atoms. The normalized spacial score (nSPS) is 9.83. The Bertz CT molecular complexity index is 305. The average molecular weight is 259 g/mol. The Labute approximate surface area is 107 Å². The molecule has 0 atom stereocenters. The number of carbonyl (C=O) groups is 3. The molecule has 0 saturated carbocycles. The van der Waals surface area contributed by atoms with Gasteiger partial charge in [-0.05, 0) is 20.8 Å². The lowest BCUT2D eigenvalue weighted by molar-refractivity contribution is -0.141. The number of esters is 1. The minimum Gasteiger partial charge on any atom is -0.465 e. The third kappa shape index (κ3) is 7.48. The molecule has 0 aromatic rings. The lowest BCUT2D eigenvalue weighted by Gasteiger charge is -2.18. The molecule has 0 heterocycles. The summed E-state index contributed by atoms with van der Waals surface area (Å²) in [6, 6.07) is -0.476. The predicted octanol–water partition coefficient (Wildman–Crippen LogP) is -0.284. The Hall–Kier alpha value is -1.79. The molecule has 0 saturated heterocycles. The quantitative estimate of drug-likeness (QED) is 0.642. The van der Waals surface area contributed by atoms with Crippen molar-refractivity contribution in [1.82, 2.24) is 15.5 Å². The van der Waals surface area contributed by atoms with Crippen molar-refractivity contribution in [3.05, 3.63) is 0 Å². The minimum atomic E-state index is -0.508. The van der Waals surface area contributed by atoms with Crippen LogP contribution in [0.5, 0.6) is 0 Å². The number of hydrogen-bond donors (Lipinski definition) is 2. The first kappa shape index (κ1) is 16.2. The van der Waals surface area contributed by atoms with E-state index >= 15 is 0 Å². The van der Waals surface area contributed by atoms with Crippen LogP contribution in [-0.2, 0) is 14.3 Å². The second-order valence-corrected chi connectivity index (χ2v) is 4.04. The SMILES string of the molecule is CCOC(=O)CNC(=O)N(C)CC(=O)NC(C)C. The monoisotopic (exact) mass is 259 g/mol. The maximum Gasteiger partial charge on any atom is 0.325 e. The summed E-state index contributed by atoms with van der Waals surface area (Å²) in [5.41, 5.74) is 0. The summed E-state index contributed by atoms with van der Waals surface area (Å²) >= 11 is 0. The van der Waals surface area contributed by atoms with Gasteiger partial charge in [0.1, 0.15) is 13.1 Å². The smallest absolute Gasteiger partial charge is 0.325 e. The van der Waals surface area contributed by atoms with Crippen molar-refractivity contribution in [1.29, 1.82) is 0 Å². The summed E-state index contributed by atoms with van der Waals surface area (Å²) in [5.74, 6) is -0.760. The average Bonchev–Trinajstić information content (AvgIpc) is 2.24. The third-order valence-corrected chi connectivity index (χ3v) is 1.87. The molecule has 18 heavy (non-hydrogen) atoms. The highest BCUT2D eigenvalue weighted by atomic mass is 16.5. The van der Waals surface area contributed by atoms with Crippen LogP contribution in [0.3, 0.4) is 0 Å². The molecular weight excluding hydrogens is 238 g/mol. The van der Waals surface area contributed by atoms with Crippen LogP contribution in [0, 0.1) is 0 Å². The highest BCUT2D eigenvalue weighted by Gasteiger charge is 2.14. The largest absolute Gasteiger partial charge is 0.465 e. The van der Waals surface area contributed by atoms with E-state index < -0.39 is 12.0 Å². The maximum atomic E-state index is 11.5. The van der Waals surface area contributed by atoms with Gasteiger partial charge in [0.2, 0.25) is 5.91 Å². The van der Waals surface area contributed by atoms with Crippen molar-refractivity contribution in [3.63, 3.8) is 0 Å². The lowest BCUT2D eigenvalue weighted by Crippen LogP contribution is -2.45. The summed E-state index contributed by atoms with van der Waals surface area (Å²) in [4.78, 5) is 35.1. The standard InChI is InChI=1S/C11H21N3O4/c1-5-18-10(16)6-12-11(17)14(4)7-9(15)13-8(2)3/h8H,5-7H2,1-4H3,(H,12,17)(H,13,15). The van der Waals surface area contributed by atoms with Gasteiger partial charge in [-0.2, -0.15) is 0 Å². The fraction of sp³-hybridized carbons (Fsp3) is 0.727. The second-order valence-electron chi connectivity index (χ2n) is 4.04. The van der Waals surface area contributed by atoms with E-state index in [1.54, 1.807) is 6.92 Å². The van der Waals surface area contributed by atoms with E-state index in [4.69, 9.17) is 0 Å². The highest BCUT2D eigenvalue weighted by Crippen LogP contribution is 1.86. The Balaban J connectivity index is 3.96. The molecule has 0 radical (unpaired) electrons.